The Balaban J connectivity index is 1.66. The van der Waals surface area contributed by atoms with Gasteiger partial charge < -0.3 is 16.2 Å². The predicted octanol–water partition coefficient (Wildman–Crippen LogP) is 3.31. The van der Waals surface area contributed by atoms with Gasteiger partial charge in [0.1, 0.15) is 0 Å². The van der Waals surface area contributed by atoms with E-state index in [1.165, 1.54) is 0 Å². The molecule has 0 aliphatic heterocycles. The SMILES string of the molecule is Cn1cc(-c2cc(NC(=O)O)c(N)c(NCc3ccc4ncccc4c3)n2)cn1. The molecule has 0 spiro atoms. The van der Waals surface area contributed by atoms with Gasteiger partial charge in [-0.1, -0.05) is 12.1 Å². The van der Waals surface area contributed by atoms with E-state index < -0.39 is 6.09 Å². The Morgan fingerprint density at radius 2 is 2.14 bits per heavy atom. The summed E-state index contributed by atoms with van der Waals surface area (Å²) >= 11 is 0. The fourth-order valence-corrected chi connectivity index (χ4v) is 3.03. The maximum absolute atomic E-state index is 11.2. The second-order valence-corrected chi connectivity index (χ2v) is 6.53. The van der Waals surface area contributed by atoms with Crippen molar-refractivity contribution in [3.8, 4) is 11.3 Å². The Labute approximate surface area is 166 Å². The molecule has 1 aromatic carbocycles. The number of nitrogens with two attached hydrogens (primary N) is 1. The molecule has 4 rings (SSSR count). The number of pyridine rings is 2. The zero-order valence-corrected chi connectivity index (χ0v) is 15.6. The van der Waals surface area contributed by atoms with Crippen LogP contribution >= 0.6 is 0 Å². The van der Waals surface area contributed by atoms with Crippen molar-refractivity contribution in [2.45, 2.75) is 6.54 Å². The van der Waals surface area contributed by atoms with Crippen LogP contribution in [0.5, 0.6) is 0 Å². The number of nitrogens with one attached hydrogen (secondary N) is 2. The van der Waals surface area contributed by atoms with Crippen molar-refractivity contribution in [1.82, 2.24) is 19.7 Å². The van der Waals surface area contributed by atoms with E-state index in [9.17, 15) is 4.79 Å². The molecule has 3 aromatic heterocycles. The highest BCUT2D eigenvalue weighted by molar-refractivity contribution is 5.92. The van der Waals surface area contributed by atoms with E-state index in [0.29, 0.717) is 18.1 Å². The topological polar surface area (TPSA) is 131 Å². The van der Waals surface area contributed by atoms with E-state index in [1.807, 2.05) is 30.3 Å². The number of anilines is 3. The molecule has 9 heteroatoms. The lowest BCUT2D eigenvalue weighted by Gasteiger charge is -2.14. The van der Waals surface area contributed by atoms with Crippen LogP contribution in [0.4, 0.5) is 22.0 Å². The van der Waals surface area contributed by atoms with E-state index in [-0.39, 0.29) is 11.4 Å². The van der Waals surface area contributed by atoms with E-state index in [2.05, 4.69) is 25.7 Å². The van der Waals surface area contributed by atoms with Crippen LogP contribution in [-0.4, -0.2) is 30.9 Å². The fraction of sp³-hybridized carbons (Fsp3) is 0.100. The van der Waals surface area contributed by atoms with Crippen molar-refractivity contribution in [2.24, 2.45) is 7.05 Å². The van der Waals surface area contributed by atoms with Crippen molar-refractivity contribution >= 4 is 34.2 Å². The number of carboxylic acid groups (broad SMARTS) is 1. The van der Waals surface area contributed by atoms with E-state index in [1.54, 1.807) is 36.4 Å². The highest BCUT2D eigenvalue weighted by Gasteiger charge is 2.14. The van der Waals surface area contributed by atoms with E-state index in [0.717, 1.165) is 22.0 Å². The number of aryl methyl sites for hydroxylation is 1. The summed E-state index contributed by atoms with van der Waals surface area (Å²) < 4.78 is 1.65. The standard InChI is InChI=1S/C20H19N7O2/c1-27-11-14(10-24-27)16-8-17(26-20(28)29)18(21)19(25-16)23-9-12-4-5-15-13(7-12)3-2-6-22-15/h2-8,10-11H,9,21H2,1H3,(H,28,29)(H2,23,25,26). The van der Waals surface area contributed by atoms with Gasteiger partial charge in [0.25, 0.3) is 0 Å². The lowest BCUT2D eigenvalue weighted by atomic mass is 10.1. The first-order valence-corrected chi connectivity index (χ1v) is 8.86. The Hall–Kier alpha value is -4.14. The number of aromatic nitrogens is 4. The fourth-order valence-electron chi connectivity index (χ4n) is 3.03. The summed E-state index contributed by atoms with van der Waals surface area (Å²) in [6, 6.07) is 11.4. The Bertz CT molecular complexity index is 1200. The van der Waals surface area contributed by atoms with Gasteiger partial charge >= 0.3 is 6.09 Å². The number of amides is 1. The van der Waals surface area contributed by atoms with Crippen LogP contribution < -0.4 is 16.4 Å². The van der Waals surface area contributed by atoms with Gasteiger partial charge in [-0.05, 0) is 29.8 Å². The number of rotatable bonds is 5. The number of nitrogens with zero attached hydrogens (tertiary/aromatic N) is 4. The first kappa shape index (κ1) is 18.2. The third kappa shape index (κ3) is 3.93. The minimum Gasteiger partial charge on any atom is -0.465 e. The molecule has 0 saturated carbocycles. The second-order valence-electron chi connectivity index (χ2n) is 6.53. The molecule has 0 aliphatic carbocycles. The zero-order chi connectivity index (χ0) is 20.4. The molecule has 0 unspecified atom stereocenters. The summed E-state index contributed by atoms with van der Waals surface area (Å²) in [5.41, 5.74) is 9.89. The number of benzene rings is 1. The van der Waals surface area contributed by atoms with Gasteiger partial charge in [-0.15, -0.1) is 0 Å². The minimum atomic E-state index is -1.20. The smallest absolute Gasteiger partial charge is 0.409 e. The lowest BCUT2D eigenvalue weighted by molar-refractivity contribution is 0.210. The Morgan fingerprint density at radius 1 is 1.28 bits per heavy atom. The molecule has 29 heavy (non-hydrogen) atoms. The summed E-state index contributed by atoms with van der Waals surface area (Å²) in [5, 5.41) is 19.8. The second kappa shape index (κ2) is 7.47. The summed E-state index contributed by atoms with van der Waals surface area (Å²) in [5.74, 6) is 0.390. The van der Waals surface area contributed by atoms with Crippen molar-refractivity contribution in [3.05, 3.63) is 60.6 Å². The molecule has 3 heterocycles. The number of nitrogen functional groups attached to an aromatic ring is 1. The third-order valence-electron chi connectivity index (χ3n) is 4.43. The summed E-state index contributed by atoms with van der Waals surface area (Å²) in [4.78, 5) is 20.0. The van der Waals surface area contributed by atoms with Crippen LogP contribution in [0.3, 0.4) is 0 Å². The average molecular weight is 389 g/mol. The van der Waals surface area contributed by atoms with Crippen molar-refractivity contribution in [1.29, 1.82) is 0 Å². The molecule has 0 atom stereocenters. The molecule has 146 valence electrons. The molecule has 0 fully saturated rings. The van der Waals surface area contributed by atoms with Gasteiger partial charge in [0.05, 0.1) is 28.8 Å². The summed E-state index contributed by atoms with van der Waals surface area (Å²) in [6.07, 6.45) is 4.01. The molecule has 0 bridgehead atoms. The zero-order valence-electron chi connectivity index (χ0n) is 15.6. The van der Waals surface area contributed by atoms with Crippen LogP contribution in [0, 0.1) is 0 Å². The molecule has 1 amide bonds. The highest BCUT2D eigenvalue weighted by atomic mass is 16.4. The summed E-state index contributed by atoms with van der Waals surface area (Å²) in [6.45, 7) is 0.463. The Kier molecular flexibility index (Phi) is 4.70. The van der Waals surface area contributed by atoms with Gasteiger partial charge in [0, 0.05) is 36.9 Å². The van der Waals surface area contributed by atoms with Crippen LogP contribution in [0.25, 0.3) is 22.2 Å². The third-order valence-corrected chi connectivity index (χ3v) is 4.43. The lowest BCUT2D eigenvalue weighted by Crippen LogP contribution is -2.12. The number of carbonyl (C=O) groups is 1. The van der Waals surface area contributed by atoms with Crippen LogP contribution in [-0.2, 0) is 13.6 Å². The van der Waals surface area contributed by atoms with E-state index in [4.69, 9.17) is 10.8 Å². The predicted molar refractivity (Wildman–Crippen MR) is 112 cm³/mol. The molecule has 0 saturated heterocycles. The van der Waals surface area contributed by atoms with Crippen LogP contribution in [0.1, 0.15) is 5.56 Å². The van der Waals surface area contributed by atoms with Gasteiger partial charge in [-0.25, -0.2) is 9.78 Å². The minimum absolute atomic E-state index is 0.225. The van der Waals surface area contributed by atoms with Gasteiger partial charge in [-0.3, -0.25) is 15.0 Å². The number of hydrogen-bond acceptors (Lipinski definition) is 6. The molecule has 4 aromatic rings. The maximum atomic E-state index is 11.2. The number of fused-ring (bicyclic) bond motifs is 1. The largest absolute Gasteiger partial charge is 0.465 e. The first-order valence-electron chi connectivity index (χ1n) is 8.86. The van der Waals surface area contributed by atoms with Crippen LogP contribution in [0.15, 0.2) is 55.0 Å². The maximum Gasteiger partial charge on any atom is 0.409 e. The molecule has 0 aliphatic rings. The summed E-state index contributed by atoms with van der Waals surface area (Å²) in [7, 11) is 1.80. The average Bonchev–Trinajstić information content (AvgIpc) is 3.14. The number of hydrogen-bond donors (Lipinski definition) is 4. The quantitative estimate of drug-likeness (QED) is 0.412. The van der Waals surface area contributed by atoms with Gasteiger partial charge in [0.2, 0.25) is 0 Å². The van der Waals surface area contributed by atoms with Crippen LogP contribution in [0.2, 0.25) is 0 Å². The Morgan fingerprint density at radius 3 is 2.90 bits per heavy atom. The molecule has 5 N–H and O–H groups in total. The van der Waals surface area contributed by atoms with Gasteiger partial charge in [-0.2, -0.15) is 5.10 Å². The van der Waals surface area contributed by atoms with Gasteiger partial charge in [0.15, 0.2) is 5.82 Å². The first-order chi connectivity index (χ1) is 14.0. The van der Waals surface area contributed by atoms with Crippen molar-refractivity contribution in [3.63, 3.8) is 0 Å². The molecular weight excluding hydrogens is 370 g/mol. The van der Waals surface area contributed by atoms with Crippen molar-refractivity contribution < 1.29 is 9.90 Å². The normalized spacial score (nSPS) is 10.8. The monoisotopic (exact) mass is 389 g/mol. The van der Waals surface area contributed by atoms with E-state index >= 15 is 0 Å². The highest BCUT2D eigenvalue weighted by Crippen LogP contribution is 2.31. The molecule has 9 nitrogen and oxygen atoms in total. The molecule has 0 radical (unpaired) electrons. The molecular formula is C20H19N7O2. The van der Waals surface area contributed by atoms with Crippen molar-refractivity contribution in [2.75, 3.05) is 16.4 Å².